The minimum atomic E-state index is -0.329. The van der Waals surface area contributed by atoms with Gasteiger partial charge in [0.15, 0.2) is 0 Å². The van der Waals surface area contributed by atoms with E-state index in [1.807, 2.05) is 32.9 Å². The highest BCUT2D eigenvalue weighted by atomic mass is 16.5. The predicted octanol–water partition coefficient (Wildman–Crippen LogP) is 1.25. The third kappa shape index (κ3) is 2.83. The van der Waals surface area contributed by atoms with E-state index in [0.717, 1.165) is 5.69 Å². The van der Waals surface area contributed by atoms with Gasteiger partial charge in [0.25, 0.3) is 0 Å². The van der Waals surface area contributed by atoms with Crippen molar-refractivity contribution in [3.63, 3.8) is 0 Å². The minimum absolute atomic E-state index is 0.142. The molecule has 19 heavy (non-hydrogen) atoms. The minimum Gasteiger partial charge on any atom is -0.481 e. The summed E-state index contributed by atoms with van der Waals surface area (Å²) in [5, 5.41) is 4.13. The summed E-state index contributed by atoms with van der Waals surface area (Å²) in [7, 11) is 1.57. The van der Waals surface area contributed by atoms with Gasteiger partial charge in [-0.3, -0.25) is 4.57 Å². The standard InChI is InChI=1S/C13H18N4O2/c1-13(2,3)17-12(18)16(9-14-17)8-10-6-5-7-11(15-10)19-4/h5-7,9H,8H2,1-4H3. The summed E-state index contributed by atoms with van der Waals surface area (Å²) in [5.41, 5.74) is 0.288. The second-order valence-corrected chi connectivity index (χ2v) is 5.30. The molecule has 0 atom stereocenters. The second kappa shape index (κ2) is 4.87. The lowest BCUT2D eigenvalue weighted by atomic mass is 10.1. The third-order valence-electron chi connectivity index (χ3n) is 2.69. The Labute approximate surface area is 111 Å². The fraction of sp³-hybridized carbons (Fsp3) is 0.462. The smallest absolute Gasteiger partial charge is 0.346 e. The summed E-state index contributed by atoms with van der Waals surface area (Å²) in [6, 6.07) is 5.47. The molecular formula is C13H18N4O2. The van der Waals surface area contributed by atoms with Gasteiger partial charge in [0.2, 0.25) is 5.88 Å². The number of rotatable bonds is 3. The van der Waals surface area contributed by atoms with Crippen molar-refractivity contribution in [2.24, 2.45) is 0 Å². The number of nitrogens with zero attached hydrogens (tertiary/aromatic N) is 4. The molecule has 0 unspecified atom stereocenters. The van der Waals surface area contributed by atoms with Crippen molar-refractivity contribution in [3.05, 3.63) is 40.7 Å². The van der Waals surface area contributed by atoms with Crippen molar-refractivity contribution >= 4 is 0 Å². The number of aromatic nitrogens is 4. The first-order valence-electron chi connectivity index (χ1n) is 6.06. The normalized spacial score (nSPS) is 11.6. The zero-order valence-corrected chi connectivity index (χ0v) is 11.6. The summed E-state index contributed by atoms with van der Waals surface area (Å²) in [4.78, 5) is 16.5. The monoisotopic (exact) mass is 262 g/mol. The highest BCUT2D eigenvalue weighted by Gasteiger charge is 2.18. The van der Waals surface area contributed by atoms with Gasteiger partial charge in [-0.1, -0.05) is 6.07 Å². The molecule has 0 saturated carbocycles. The van der Waals surface area contributed by atoms with Gasteiger partial charge in [0.1, 0.15) is 6.33 Å². The van der Waals surface area contributed by atoms with Crippen LogP contribution in [0, 0.1) is 0 Å². The molecule has 6 nitrogen and oxygen atoms in total. The Hall–Kier alpha value is -2.11. The van der Waals surface area contributed by atoms with E-state index in [-0.39, 0.29) is 11.2 Å². The van der Waals surface area contributed by atoms with E-state index < -0.39 is 0 Å². The maximum Gasteiger partial charge on any atom is 0.346 e. The van der Waals surface area contributed by atoms with Crippen molar-refractivity contribution in [2.45, 2.75) is 32.9 Å². The molecule has 102 valence electrons. The van der Waals surface area contributed by atoms with Gasteiger partial charge in [-0.25, -0.2) is 14.5 Å². The molecule has 0 saturated heterocycles. The molecular weight excluding hydrogens is 244 g/mol. The number of hydrogen-bond donors (Lipinski definition) is 0. The van der Waals surface area contributed by atoms with E-state index in [2.05, 4.69) is 10.1 Å². The van der Waals surface area contributed by atoms with Gasteiger partial charge in [-0.2, -0.15) is 5.10 Å². The molecule has 0 fully saturated rings. The SMILES string of the molecule is COc1cccc(Cn2cnn(C(C)(C)C)c2=O)n1. The lowest BCUT2D eigenvalue weighted by molar-refractivity contribution is 0.340. The number of pyridine rings is 1. The summed E-state index contributed by atoms with van der Waals surface area (Å²) >= 11 is 0. The van der Waals surface area contributed by atoms with E-state index in [0.29, 0.717) is 12.4 Å². The number of hydrogen-bond acceptors (Lipinski definition) is 4. The van der Waals surface area contributed by atoms with Gasteiger partial charge in [-0.05, 0) is 26.8 Å². The van der Waals surface area contributed by atoms with Crippen LogP contribution in [-0.4, -0.2) is 26.4 Å². The average Bonchev–Trinajstić information content (AvgIpc) is 2.71. The summed E-state index contributed by atoms with van der Waals surface area (Å²) in [6.07, 6.45) is 1.54. The van der Waals surface area contributed by atoms with Gasteiger partial charge < -0.3 is 4.74 Å². The van der Waals surface area contributed by atoms with Crippen LogP contribution < -0.4 is 10.4 Å². The van der Waals surface area contributed by atoms with Crippen LogP contribution in [0.4, 0.5) is 0 Å². The van der Waals surface area contributed by atoms with Crippen molar-refractivity contribution in [2.75, 3.05) is 7.11 Å². The Morgan fingerprint density at radius 3 is 2.63 bits per heavy atom. The molecule has 0 aliphatic carbocycles. The van der Waals surface area contributed by atoms with Crippen LogP contribution in [0.25, 0.3) is 0 Å². The van der Waals surface area contributed by atoms with Crippen molar-refractivity contribution in [1.29, 1.82) is 0 Å². The van der Waals surface area contributed by atoms with Crippen LogP contribution in [0.2, 0.25) is 0 Å². The molecule has 0 amide bonds. The fourth-order valence-electron chi connectivity index (χ4n) is 1.74. The fourth-order valence-corrected chi connectivity index (χ4v) is 1.74. The van der Waals surface area contributed by atoms with Crippen molar-refractivity contribution < 1.29 is 4.74 Å². The molecule has 0 N–H and O–H groups in total. The highest BCUT2D eigenvalue weighted by molar-refractivity contribution is 5.15. The summed E-state index contributed by atoms with van der Waals surface area (Å²) < 4.78 is 8.06. The zero-order valence-electron chi connectivity index (χ0n) is 11.6. The lowest BCUT2D eigenvalue weighted by Crippen LogP contribution is -2.35. The number of ether oxygens (including phenoxy) is 1. The molecule has 0 radical (unpaired) electrons. The number of methoxy groups -OCH3 is 1. The first kappa shape index (κ1) is 13.3. The van der Waals surface area contributed by atoms with Crippen LogP contribution in [0.3, 0.4) is 0 Å². The Bertz CT molecular complexity index is 622. The van der Waals surface area contributed by atoms with E-state index in [4.69, 9.17) is 4.74 Å². The van der Waals surface area contributed by atoms with Crippen LogP contribution in [0.1, 0.15) is 26.5 Å². The Kier molecular flexibility index (Phi) is 3.42. The zero-order chi connectivity index (χ0) is 14.0. The third-order valence-corrected chi connectivity index (χ3v) is 2.69. The first-order chi connectivity index (χ1) is 8.91. The van der Waals surface area contributed by atoms with Crippen molar-refractivity contribution in [3.8, 4) is 5.88 Å². The van der Waals surface area contributed by atoms with Crippen molar-refractivity contribution in [1.82, 2.24) is 19.3 Å². The molecule has 0 aliphatic heterocycles. The molecule has 6 heteroatoms. The maximum atomic E-state index is 12.2. The average molecular weight is 262 g/mol. The van der Waals surface area contributed by atoms with Gasteiger partial charge in [-0.15, -0.1) is 0 Å². The molecule has 0 aromatic carbocycles. The Balaban J connectivity index is 2.29. The predicted molar refractivity (Wildman–Crippen MR) is 71.4 cm³/mol. The van der Waals surface area contributed by atoms with Crippen LogP contribution >= 0.6 is 0 Å². The molecule has 2 heterocycles. The Morgan fingerprint density at radius 1 is 1.32 bits per heavy atom. The van der Waals surface area contributed by atoms with E-state index in [9.17, 15) is 4.79 Å². The molecule has 0 bridgehead atoms. The summed E-state index contributed by atoms with van der Waals surface area (Å²) in [6.45, 7) is 6.20. The van der Waals surface area contributed by atoms with Crippen LogP contribution in [0.15, 0.2) is 29.3 Å². The van der Waals surface area contributed by atoms with E-state index in [1.54, 1.807) is 13.2 Å². The van der Waals surface area contributed by atoms with E-state index in [1.165, 1.54) is 15.6 Å². The quantitative estimate of drug-likeness (QED) is 0.835. The van der Waals surface area contributed by atoms with Gasteiger partial charge in [0.05, 0.1) is 24.9 Å². The van der Waals surface area contributed by atoms with Gasteiger partial charge >= 0.3 is 5.69 Å². The Morgan fingerprint density at radius 2 is 2.05 bits per heavy atom. The van der Waals surface area contributed by atoms with Crippen LogP contribution in [-0.2, 0) is 12.1 Å². The highest BCUT2D eigenvalue weighted by Crippen LogP contribution is 2.09. The maximum absolute atomic E-state index is 12.2. The first-order valence-corrected chi connectivity index (χ1v) is 6.06. The van der Waals surface area contributed by atoms with E-state index >= 15 is 0 Å². The molecule has 2 aromatic rings. The lowest BCUT2D eigenvalue weighted by Gasteiger charge is -2.16. The molecule has 2 aromatic heterocycles. The molecule has 0 aliphatic rings. The molecule has 0 spiro atoms. The van der Waals surface area contributed by atoms with Crippen LogP contribution in [0.5, 0.6) is 5.88 Å². The second-order valence-electron chi connectivity index (χ2n) is 5.30. The molecule has 2 rings (SSSR count). The summed E-state index contributed by atoms with van der Waals surface area (Å²) in [5.74, 6) is 0.536. The van der Waals surface area contributed by atoms with Gasteiger partial charge in [0, 0.05) is 6.07 Å². The largest absolute Gasteiger partial charge is 0.481 e. The topological polar surface area (TPSA) is 61.9 Å².